The van der Waals surface area contributed by atoms with Crippen molar-refractivity contribution in [2.45, 2.75) is 31.6 Å². The molecule has 6 heteroatoms. The van der Waals surface area contributed by atoms with Crippen molar-refractivity contribution in [3.8, 4) is 0 Å². The van der Waals surface area contributed by atoms with Crippen molar-refractivity contribution in [3.05, 3.63) is 52.2 Å². The number of carbonyl (C=O) groups excluding carboxylic acids is 2. The Balaban J connectivity index is 1.60. The molecule has 1 aliphatic rings. The topological polar surface area (TPSA) is 67.4 Å². The molecule has 0 bridgehead atoms. The zero-order valence-corrected chi connectivity index (χ0v) is 15.7. The summed E-state index contributed by atoms with van der Waals surface area (Å²) < 4.78 is 5.49. The number of carbonyl (C=O) groups is 2. The molecule has 2 N–H and O–H groups in total. The summed E-state index contributed by atoms with van der Waals surface area (Å²) in [4.78, 5) is 25.7. The third kappa shape index (κ3) is 4.31. The third-order valence-electron chi connectivity index (χ3n) is 4.91. The molecule has 2 aromatic rings. The van der Waals surface area contributed by atoms with Gasteiger partial charge < -0.3 is 15.4 Å². The summed E-state index contributed by atoms with van der Waals surface area (Å²) in [6.07, 6.45) is 2.62. The van der Waals surface area contributed by atoms with Crippen LogP contribution in [0.4, 0.5) is 5.69 Å². The molecule has 2 heterocycles. The van der Waals surface area contributed by atoms with Crippen LogP contribution < -0.4 is 10.6 Å². The number of benzene rings is 1. The molecule has 0 spiro atoms. The third-order valence-corrected chi connectivity index (χ3v) is 6.02. The number of nitrogens with one attached hydrogen (secondary N) is 2. The van der Waals surface area contributed by atoms with Crippen LogP contribution in [0.2, 0.25) is 0 Å². The van der Waals surface area contributed by atoms with E-state index < -0.39 is 11.8 Å². The molecule has 138 valence electrons. The minimum absolute atomic E-state index is 0.148. The fraction of sp³-hybridized carbons (Fsp3) is 0.400. The van der Waals surface area contributed by atoms with Crippen molar-refractivity contribution >= 4 is 28.8 Å². The molecule has 1 fully saturated rings. The van der Waals surface area contributed by atoms with Crippen LogP contribution >= 0.6 is 11.3 Å². The molecule has 26 heavy (non-hydrogen) atoms. The van der Waals surface area contributed by atoms with Crippen molar-refractivity contribution in [2.24, 2.45) is 0 Å². The van der Waals surface area contributed by atoms with Gasteiger partial charge in [0.2, 0.25) is 0 Å². The monoisotopic (exact) mass is 372 g/mol. The quantitative estimate of drug-likeness (QED) is 0.793. The summed E-state index contributed by atoms with van der Waals surface area (Å²) in [6, 6.07) is 11.6. The van der Waals surface area contributed by atoms with Gasteiger partial charge in [0.1, 0.15) is 0 Å². The minimum Gasteiger partial charge on any atom is -0.381 e. The number of anilines is 1. The number of aryl methyl sites for hydroxylation is 1. The smallest absolute Gasteiger partial charge is 0.313 e. The highest BCUT2D eigenvalue weighted by molar-refractivity contribution is 7.10. The highest BCUT2D eigenvalue weighted by Crippen LogP contribution is 2.36. The SMILES string of the molecule is CCc1ccc(NC(=O)C(=O)NCC2(c3cccs3)CCOCC2)cc1. The van der Waals surface area contributed by atoms with Crippen LogP contribution in [0.15, 0.2) is 41.8 Å². The number of hydrogen-bond acceptors (Lipinski definition) is 4. The maximum atomic E-state index is 12.3. The summed E-state index contributed by atoms with van der Waals surface area (Å²) in [6.45, 7) is 3.85. The minimum atomic E-state index is -0.636. The van der Waals surface area contributed by atoms with Crippen molar-refractivity contribution in [1.29, 1.82) is 0 Å². The average Bonchev–Trinajstić information content (AvgIpc) is 3.23. The van der Waals surface area contributed by atoms with Crippen LogP contribution in [0.3, 0.4) is 0 Å². The fourth-order valence-corrected chi connectivity index (χ4v) is 4.18. The van der Waals surface area contributed by atoms with E-state index in [1.807, 2.05) is 35.7 Å². The number of hydrogen-bond donors (Lipinski definition) is 2. The van der Waals surface area contributed by atoms with E-state index in [1.165, 1.54) is 10.4 Å². The zero-order valence-electron chi connectivity index (χ0n) is 14.9. The lowest BCUT2D eigenvalue weighted by molar-refractivity contribution is -0.136. The molecule has 0 aliphatic carbocycles. The normalized spacial score (nSPS) is 16.0. The highest BCUT2D eigenvalue weighted by atomic mass is 32.1. The summed E-state index contributed by atoms with van der Waals surface area (Å²) in [5.74, 6) is -1.24. The van der Waals surface area contributed by atoms with E-state index in [0.29, 0.717) is 25.4 Å². The van der Waals surface area contributed by atoms with Crippen molar-refractivity contribution in [1.82, 2.24) is 5.32 Å². The van der Waals surface area contributed by atoms with Crippen molar-refractivity contribution < 1.29 is 14.3 Å². The molecule has 1 aromatic carbocycles. The van der Waals surface area contributed by atoms with Gasteiger partial charge in [0, 0.05) is 35.7 Å². The van der Waals surface area contributed by atoms with Crippen LogP contribution in [0, 0.1) is 0 Å². The maximum Gasteiger partial charge on any atom is 0.313 e. The lowest BCUT2D eigenvalue weighted by Gasteiger charge is -2.36. The van der Waals surface area contributed by atoms with Gasteiger partial charge >= 0.3 is 11.8 Å². The Morgan fingerprint density at radius 1 is 1.12 bits per heavy atom. The lowest BCUT2D eigenvalue weighted by Crippen LogP contribution is -2.46. The molecule has 5 nitrogen and oxygen atoms in total. The number of thiophene rings is 1. The lowest BCUT2D eigenvalue weighted by atomic mass is 9.78. The van der Waals surface area contributed by atoms with Gasteiger partial charge in [-0.3, -0.25) is 9.59 Å². The first-order chi connectivity index (χ1) is 12.6. The second-order valence-electron chi connectivity index (χ2n) is 6.56. The molecule has 1 aliphatic heterocycles. The van der Waals surface area contributed by atoms with E-state index in [1.54, 1.807) is 11.3 Å². The molecule has 1 saturated heterocycles. The van der Waals surface area contributed by atoms with Crippen molar-refractivity contribution in [2.75, 3.05) is 25.1 Å². The van der Waals surface area contributed by atoms with Crippen LogP contribution in [0.1, 0.15) is 30.2 Å². The van der Waals surface area contributed by atoms with Gasteiger partial charge in [-0.2, -0.15) is 0 Å². The number of rotatable bonds is 5. The largest absolute Gasteiger partial charge is 0.381 e. The first kappa shape index (κ1) is 18.6. The molecule has 0 unspecified atom stereocenters. The Bertz CT molecular complexity index is 735. The molecule has 1 aromatic heterocycles. The van der Waals surface area contributed by atoms with Gasteiger partial charge in [0.15, 0.2) is 0 Å². The van der Waals surface area contributed by atoms with Gasteiger partial charge in [-0.15, -0.1) is 11.3 Å². The maximum absolute atomic E-state index is 12.3. The Kier molecular flexibility index (Phi) is 6.06. The summed E-state index contributed by atoms with van der Waals surface area (Å²) >= 11 is 1.69. The van der Waals surface area contributed by atoms with Crippen LogP contribution in [0.5, 0.6) is 0 Å². The summed E-state index contributed by atoms with van der Waals surface area (Å²) in [5, 5.41) is 7.52. The number of ether oxygens (including phenoxy) is 1. The van der Waals surface area contributed by atoms with Gasteiger partial charge in [0.05, 0.1) is 0 Å². The molecule has 0 saturated carbocycles. The van der Waals surface area contributed by atoms with E-state index in [9.17, 15) is 9.59 Å². The molecular weight excluding hydrogens is 348 g/mol. The highest BCUT2D eigenvalue weighted by Gasteiger charge is 2.36. The van der Waals surface area contributed by atoms with Crippen LogP contribution in [0.25, 0.3) is 0 Å². The predicted octanol–water partition coefficient (Wildman–Crippen LogP) is 3.11. The Morgan fingerprint density at radius 3 is 2.46 bits per heavy atom. The van der Waals surface area contributed by atoms with Gasteiger partial charge in [-0.25, -0.2) is 0 Å². The van der Waals surface area contributed by atoms with Crippen LogP contribution in [-0.2, 0) is 26.2 Å². The second-order valence-corrected chi connectivity index (χ2v) is 7.50. The number of amides is 2. The predicted molar refractivity (Wildman–Crippen MR) is 104 cm³/mol. The molecule has 2 amide bonds. The van der Waals surface area contributed by atoms with Gasteiger partial charge in [-0.05, 0) is 48.4 Å². The van der Waals surface area contributed by atoms with Crippen molar-refractivity contribution in [3.63, 3.8) is 0 Å². The standard InChI is InChI=1S/C20H24N2O3S/c1-2-15-5-7-16(8-6-15)22-19(24)18(23)21-14-20(9-11-25-12-10-20)17-4-3-13-26-17/h3-8,13H,2,9-12,14H2,1H3,(H,21,23)(H,22,24). The Morgan fingerprint density at radius 2 is 1.85 bits per heavy atom. The molecule has 0 radical (unpaired) electrons. The molecular formula is C20H24N2O3S. The fourth-order valence-electron chi connectivity index (χ4n) is 3.19. The Labute approximate surface area is 157 Å². The average molecular weight is 372 g/mol. The van der Waals surface area contributed by atoms with E-state index in [-0.39, 0.29) is 5.41 Å². The summed E-state index contributed by atoms with van der Waals surface area (Å²) in [5.41, 5.74) is 1.66. The summed E-state index contributed by atoms with van der Waals surface area (Å²) in [7, 11) is 0. The van der Waals surface area contributed by atoms with E-state index in [4.69, 9.17) is 4.74 Å². The first-order valence-corrected chi connectivity index (χ1v) is 9.81. The van der Waals surface area contributed by atoms with E-state index in [2.05, 4.69) is 23.6 Å². The van der Waals surface area contributed by atoms with E-state index >= 15 is 0 Å². The Hall–Kier alpha value is -2.18. The van der Waals surface area contributed by atoms with Gasteiger partial charge in [-0.1, -0.05) is 25.1 Å². The molecule has 0 atom stereocenters. The van der Waals surface area contributed by atoms with E-state index in [0.717, 1.165) is 19.3 Å². The zero-order chi connectivity index (χ0) is 18.4. The molecule has 3 rings (SSSR count). The second kappa shape index (κ2) is 8.47. The first-order valence-electron chi connectivity index (χ1n) is 8.93. The van der Waals surface area contributed by atoms with Crippen LogP contribution in [-0.4, -0.2) is 31.6 Å². The van der Waals surface area contributed by atoms with Gasteiger partial charge in [0.25, 0.3) is 0 Å².